The predicted octanol–water partition coefficient (Wildman–Crippen LogP) is 2.52. The number of primary sulfonamides is 1. The molecule has 0 aliphatic carbocycles. The van der Waals surface area contributed by atoms with Gasteiger partial charge in [-0.1, -0.05) is 34.1 Å². The van der Waals surface area contributed by atoms with Crippen LogP contribution < -0.4 is 10.0 Å². The molecular formula is C16H17BrN2O4S. The van der Waals surface area contributed by atoms with Gasteiger partial charge in [0.1, 0.15) is 0 Å². The summed E-state index contributed by atoms with van der Waals surface area (Å²) >= 11 is 3.48. The summed E-state index contributed by atoms with van der Waals surface area (Å²) < 4.78 is 28.7. The summed E-state index contributed by atoms with van der Waals surface area (Å²) in [5, 5.41) is 5.14. The number of anilines is 1. The Morgan fingerprint density at radius 1 is 1.25 bits per heavy atom. The molecule has 0 bridgehead atoms. The molecule has 6 nitrogen and oxygen atoms in total. The van der Waals surface area contributed by atoms with Crippen molar-refractivity contribution in [1.29, 1.82) is 0 Å². The van der Waals surface area contributed by atoms with Crippen molar-refractivity contribution >= 4 is 37.6 Å². The Bertz CT molecular complexity index is 868. The van der Waals surface area contributed by atoms with Crippen molar-refractivity contribution in [2.75, 3.05) is 19.1 Å². The molecule has 0 saturated carbocycles. The van der Waals surface area contributed by atoms with Crippen LogP contribution in [0.4, 0.5) is 5.69 Å². The third kappa shape index (κ3) is 4.14. The van der Waals surface area contributed by atoms with E-state index < -0.39 is 16.0 Å². The fourth-order valence-corrected chi connectivity index (χ4v) is 3.22. The number of ether oxygens (including phenoxy) is 1. The van der Waals surface area contributed by atoms with Crippen LogP contribution >= 0.6 is 15.9 Å². The minimum atomic E-state index is -3.91. The maximum absolute atomic E-state index is 12.0. The Labute approximate surface area is 149 Å². The van der Waals surface area contributed by atoms with E-state index in [2.05, 4.69) is 15.9 Å². The molecule has 0 atom stereocenters. The highest BCUT2D eigenvalue weighted by molar-refractivity contribution is 9.10. The van der Waals surface area contributed by atoms with Crippen LogP contribution in [0.3, 0.4) is 0 Å². The van der Waals surface area contributed by atoms with E-state index >= 15 is 0 Å². The molecule has 0 unspecified atom stereocenters. The van der Waals surface area contributed by atoms with Crippen molar-refractivity contribution < 1.29 is 17.9 Å². The van der Waals surface area contributed by atoms with Crippen LogP contribution in [0.2, 0.25) is 0 Å². The number of hydrogen-bond acceptors (Lipinski definition) is 5. The first kappa shape index (κ1) is 18.4. The number of carbonyl (C=O) groups excluding carboxylic acids is 1. The second kappa shape index (κ2) is 7.33. The molecule has 0 radical (unpaired) electrons. The molecular weight excluding hydrogens is 396 g/mol. The van der Waals surface area contributed by atoms with Gasteiger partial charge in [0, 0.05) is 18.1 Å². The normalized spacial score (nSPS) is 11.2. The van der Waals surface area contributed by atoms with E-state index in [-0.39, 0.29) is 10.5 Å². The van der Waals surface area contributed by atoms with Gasteiger partial charge in [-0.3, -0.25) is 0 Å². The van der Waals surface area contributed by atoms with Crippen LogP contribution in [0.5, 0.6) is 0 Å². The van der Waals surface area contributed by atoms with Gasteiger partial charge in [-0.2, -0.15) is 0 Å². The van der Waals surface area contributed by atoms with Crippen LogP contribution in [0.25, 0.3) is 0 Å². The number of hydrogen-bond donors (Lipinski definition) is 1. The smallest absolute Gasteiger partial charge is 0.340 e. The number of methoxy groups -OCH3 is 1. The molecule has 128 valence electrons. The van der Waals surface area contributed by atoms with Crippen LogP contribution in [-0.4, -0.2) is 28.5 Å². The summed E-state index contributed by atoms with van der Waals surface area (Å²) in [7, 11) is -0.866. The zero-order chi connectivity index (χ0) is 17.9. The van der Waals surface area contributed by atoms with E-state index in [4.69, 9.17) is 9.88 Å². The molecule has 0 aliphatic heterocycles. The molecule has 2 aromatic carbocycles. The number of nitrogens with zero attached hydrogens (tertiary/aromatic N) is 1. The Balaban J connectivity index is 2.45. The first-order valence-corrected chi connectivity index (χ1v) is 9.27. The lowest BCUT2D eigenvalue weighted by molar-refractivity contribution is 0.0601. The number of rotatable bonds is 5. The molecule has 2 N–H and O–H groups in total. The van der Waals surface area contributed by atoms with Gasteiger partial charge in [0.05, 0.1) is 23.3 Å². The lowest BCUT2D eigenvalue weighted by Crippen LogP contribution is -2.21. The summed E-state index contributed by atoms with van der Waals surface area (Å²) in [6.07, 6.45) is 0. The molecule has 8 heteroatoms. The van der Waals surface area contributed by atoms with Crippen molar-refractivity contribution in [2.45, 2.75) is 11.4 Å². The van der Waals surface area contributed by atoms with Crippen molar-refractivity contribution in [2.24, 2.45) is 5.14 Å². The second-order valence-corrected chi connectivity index (χ2v) is 7.58. The highest BCUT2D eigenvalue weighted by Crippen LogP contribution is 2.26. The van der Waals surface area contributed by atoms with Crippen LogP contribution in [0.15, 0.2) is 51.8 Å². The maximum atomic E-state index is 12.0. The van der Waals surface area contributed by atoms with Gasteiger partial charge in [-0.05, 0) is 29.8 Å². The molecule has 0 aromatic heterocycles. The molecule has 0 spiro atoms. The van der Waals surface area contributed by atoms with Gasteiger partial charge in [0.2, 0.25) is 10.0 Å². The number of benzene rings is 2. The van der Waals surface area contributed by atoms with Crippen molar-refractivity contribution in [3.63, 3.8) is 0 Å². The monoisotopic (exact) mass is 412 g/mol. The fraction of sp³-hybridized carbons (Fsp3) is 0.188. The Morgan fingerprint density at radius 3 is 2.50 bits per heavy atom. The number of esters is 1. The summed E-state index contributed by atoms with van der Waals surface area (Å²) in [6, 6.07) is 11.8. The van der Waals surface area contributed by atoms with Crippen molar-refractivity contribution in [1.82, 2.24) is 0 Å². The molecule has 24 heavy (non-hydrogen) atoms. The molecule has 0 amide bonds. The molecule has 0 fully saturated rings. The average Bonchev–Trinajstić information content (AvgIpc) is 2.54. The second-order valence-electron chi connectivity index (χ2n) is 5.16. The topological polar surface area (TPSA) is 89.7 Å². The Morgan fingerprint density at radius 2 is 1.92 bits per heavy atom. The van der Waals surface area contributed by atoms with Gasteiger partial charge in [-0.25, -0.2) is 18.4 Å². The van der Waals surface area contributed by atoms with Crippen molar-refractivity contribution in [3.05, 3.63) is 58.1 Å². The number of nitrogens with two attached hydrogens (primary N) is 1. The maximum Gasteiger partial charge on any atom is 0.340 e. The molecule has 0 saturated heterocycles. The van der Waals surface area contributed by atoms with Gasteiger partial charge in [0.15, 0.2) is 0 Å². The number of carbonyl (C=O) groups is 1. The average molecular weight is 413 g/mol. The summed E-state index contributed by atoms with van der Waals surface area (Å²) in [6.45, 7) is 0.514. The third-order valence-corrected chi connectivity index (χ3v) is 5.16. The third-order valence-electron chi connectivity index (χ3n) is 3.48. The molecule has 0 heterocycles. The first-order chi connectivity index (χ1) is 11.2. The van der Waals surface area contributed by atoms with Gasteiger partial charge in [0.25, 0.3) is 0 Å². The quantitative estimate of drug-likeness (QED) is 0.761. The van der Waals surface area contributed by atoms with E-state index in [1.165, 1.54) is 19.2 Å². The molecule has 0 aliphatic rings. The highest BCUT2D eigenvalue weighted by atomic mass is 79.9. The van der Waals surface area contributed by atoms with Gasteiger partial charge in [-0.15, -0.1) is 0 Å². The summed E-state index contributed by atoms with van der Waals surface area (Å²) in [5.41, 5.74) is 1.70. The number of sulfonamides is 1. The largest absolute Gasteiger partial charge is 0.465 e. The zero-order valence-corrected chi connectivity index (χ0v) is 15.6. The highest BCUT2D eigenvalue weighted by Gasteiger charge is 2.19. The van der Waals surface area contributed by atoms with Gasteiger partial charge < -0.3 is 9.64 Å². The predicted molar refractivity (Wildman–Crippen MR) is 95.4 cm³/mol. The first-order valence-electron chi connectivity index (χ1n) is 6.93. The van der Waals surface area contributed by atoms with Gasteiger partial charge >= 0.3 is 5.97 Å². The minimum Gasteiger partial charge on any atom is -0.465 e. The van der Waals surface area contributed by atoms with Crippen molar-refractivity contribution in [3.8, 4) is 0 Å². The zero-order valence-electron chi connectivity index (χ0n) is 13.2. The molecule has 2 aromatic rings. The van der Waals surface area contributed by atoms with Crippen LogP contribution in [-0.2, 0) is 21.3 Å². The standard InChI is InChI=1S/C16H17BrN2O4S/c1-19(10-11-5-3-4-6-14(11)17)15-8-7-12(24(18,21)22)9-13(15)16(20)23-2/h3-9H,10H2,1-2H3,(H2,18,21,22). The Hall–Kier alpha value is -1.90. The lowest BCUT2D eigenvalue weighted by atomic mass is 10.1. The SMILES string of the molecule is COC(=O)c1cc(S(N)(=O)=O)ccc1N(C)Cc1ccccc1Br. The number of halogens is 1. The van der Waals surface area contributed by atoms with E-state index in [0.29, 0.717) is 12.2 Å². The van der Waals surface area contributed by atoms with E-state index in [0.717, 1.165) is 10.0 Å². The minimum absolute atomic E-state index is 0.138. The van der Waals surface area contributed by atoms with Crippen LogP contribution in [0, 0.1) is 0 Å². The van der Waals surface area contributed by atoms with E-state index in [9.17, 15) is 13.2 Å². The van der Waals surface area contributed by atoms with Crippen LogP contribution in [0.1, 0.15) is 15.9 Å². The summed E-state index contributed by atoms with van der Waals surface area (Å²) in [4.78, 5) is 13.7. The summed E-state index contributed by atoms with van der Waals surface area (Å²) in [5.74, 6) is -0.630. The Kier molecular flexibility index (Phi) is 5.63. The molecule has 2 rings (SSSR count). The van der Waals surface area contributed by atoms with E-state index in [1.54, 1.807) is 13.1 Å². The lowest BCUT2D eigenvalue weighted by Gasteiger charge is -2.23. The van der Waals surface area contributed by atoms with E-state index in [1.807, 2.05) is 29.2 Å². The fourth-order valence-electron chi connectivity index (χ4n) is 2.27.